The fraction of sp³-hybridized carbons (Fsp3) is 0.850. The van der Waals surface area contributed by atoms with Crippen molar-refractivity contribution in [3.8, 4) is 0 Å². The van der Waals surface area contributed by atoms with Crippen LogP contribution in [0.5, 0.6) is 0 Å². The number of ketones is 1. The van der Waals surface area contributed by atoms with Crippen LogP contribution in [-0.4, -0.2) is 126 Å². The van der Waals surface area contributed by atoms with E-state index in [9.17, 15) is 24.6 Å². The number of hydrogen-bond acceptors (Lipinski definition) is 7. The molecular weight excluding hydrogens is 376 g/mol. The molecule has 0 spiro atoms. The van der Waals surface area contributed by atoms with Gasteiger partial charge in [0.05, 0.1) is 6.54 Å². The second-order valence-corrected chi connectivity index (χ2v) is 8.19. The van der Waals surface area contributed by atoms with Crippen LogP contribution < -0.4 is 0 Å². The van der Waals surface area contributed by atoms with E-state index >= 15 is 0 Å². The Kier molecular flexibility index (Phi) is 9.99. The first kappa shape index (κ1) is 23.7. The number of Topliss-reactive ketones (excluding diaryl/α,β-unsaturated/α-hetero) is 1. The normalized spacial score (nSPS) is 26.5. The minimum Gasteiger partial charge on any atom is -0.480 e. The zero-order valence-electron chi connectivity index (χ0n) is 17.6. The van der Waals surface area contributed by atoms with Gasteiger partial charge in [0.25, 0.3) is 0 Å². The van der Waals surface area contributed by atoms with Gasteiger partial charge in [-0.15, -0.1) is 0 Å². The van der Waals surface area contributed by atoms with Crippen LogP contribution in [0.4, 0.5) is 0 Å². The van der Waals surface area contributed by atoms with Crippen LogP contribution in [0.1, 0.15) is 32.6 Å². The fourth-order valence-corrected chi connectivity index (χ4v) is 4.21. The van der Waals surface area contributed by atoms with Crippen molar-refractivity contribution in [1.82, 2.24) is 19.6 Å². The lowest BCUT2D eigenvalue weighted by Gasteiger charge is -2.37. The van der Waals surface area contributed by atoms with Crippen LogP contribution >= 0.6 is 0 Å². The standard InChI is InChI=1S/C20H36N4O5/c1-17(25)4-5-18(20(28)29)24-9-3-7-22-12-10-21(11-13-22)6-2-8-23(14-15-24)16-19(26)27/h18H,2-16H2,1H3,(H,26,27)(H,28,29). The van der Waals surface area contributed by atoms with E-state index in [4.69, 9.17) is 0 Å². The molecule has 0 saturated carbocycles. The van der Waals surface area contributed by atoms with Gasteiger partial charge in [0.15, 0.2) is 0 Å². The predicted molar refractivity (Wildman–Crippen MR) is 109 cm³/mol. The van der Waals surface area contributed by atoms with E-state index in [1.807, 2.05) is 9.80 Å². The summed E-state index contributed by atoms with van der Waals surface area (Å²) in [6.07, 6.45) is 2.30. The highest BCUT2D eigenvalue weighted by Gasteiger charge is 2.27. The monoisotopic (exact) mass is 412 g/mol. The largest absolute Gasteiger partial charge is 0.480 e. The van der Waals surface area contributed by atoms with Crippen molar-refractivity contribution in [2.24, 2.45) is 0 Å². The van der Waals surface area contributed by atoms with Crippen LogP contribution in [0, 0.1) is 0 Å². The molecule has 3 fully saturated rings. The van der Waals surface area contributed by atoms with Gasteiger partial charge >= 0.3 is 11.9 Å². The maximum absolute atomic E-state index is 11.9. The highest BCUT2D eigenvalue weighted by Crippen LogP contribution is 2.12. The van der Waals surface area contributed by atoms with E-state index in [0.717, 1.165) is 52.1 Å². The topological polar surface area (TPSA) is 105 Å². The molecular formula is C20H36N4O5. The zero-order valence-corrected chi connectivity index (χ0v) is 17.6. The Bertz CT molecular complexity index is 551. The predicted octanol–water partition coefficient (Wildman–Crippen LogP) is -0.0912. The van der Waals surface area contributed by atoms with Gasteiger partial charge in [-0.25, -0.2) is 0 Å². The van der Waals surface area contributed by atoms with Crippen LogP contribution in [0.2, 0.25) is 0 Å². The molecule has 1 unspecified atom stereocenters. The molecule has 166 valence electrons. The van der Waals surface area contributed by atoms with Crippen LogP contribution in [0.3, 0.4) is 0 Å². The Labute approximate surface area is 173 Å². The third-order valence-corrected chi connectivity index (χ3v) is 5.89. The maximum atomic E-state index is 11.9. The molecule has 0 aromatic heterocycles. The number of carbonyl (C=O) groups is 3. The number of piperazine rings is 1. The van der Waals surface area contributed by atoms with Crippen molar-refractivity contribution in [1.29, 1.82) is 0 Å². The van der Waals surface area contributed by atoms with E-state index in [2.05, 4.69) is 9.80 Å². The Morgan fingerprint density at radius 2 is 1.38 bits per heavy atom. The summed E-state index contributed by atoms with van der Waals surface area (Å²) < 4.78 is 0. The zero-order chi connectivity index (χ0) is 21.2. The second-order valence-electron chi connectivity index (χ2n) is 8.19. The Balaban J connectivity index is 2.09. The number of carboxylic acid groups (broad SMARTS) is 2. The first-order valence-corrected chi connectivity index (χ1v) is 10.7. The summed E-state index contributed by atoms with van der Waals surface area (Å²) in [4.78, 5) is 43.3. The van der Waals surface area contributed by atoms with Gasteiger partial charge in [-0.05, 0) is 39.3 Å². The number of nitrogens with zero attached hydrogens (tertiary/aromatic N) is 4. The third kappa shape index (κ3) is 8.77. The molecule has 9 nitrogen and oxygen atoms in total. The first-order valence-electron chi connectivity index (χ1n) is 10.7. The van der Waals surface area contributed by atoms with Crippen molar-refractivity contribution in [2.75, 3.05) is 72.0 Å². The molecule has 2 bridgehead atoms. The summed E-state index contributed by atoms with van der Waals surface area (Å²) in [5.41, 5.74) is 0. The van der Waals surface area contributed by atoms with Gasteiger partial charge in [-0.2, -0.15) is 0 Å². The summed E-state index contributed by atoms with van der Waals surface area (Å²) in [5.74, 6) is -1.79. The van der Waals surface area contributed by atoms with Gasteiger partial charge in [0, 0.05) is 58.8 Å². The minimum absolute atomic E-state index is 0.0104. The lowest BCUT2D eigenvalue weighted by atomic mass is 10.1. The van der Waals surface area contributed by atoms with E-state index in [1.165, 1.54) is 6.92 Å². The van der Waals surface area contributed by atoms with Crippen molar-refractivity contribution in [3.63, 3.8) is 0 Å². The highest BCUT2D eigenvalue weighted by atomic mass is 16.4. The summed E-state index contributed by atoms with van der Waals surface area (Å²) in [6, 6.07) is -0.713. The summed E-state index contributed by atoms with van der Waals surface area (Å²) in [7, 11) is 0. The molecule has 3 heterocycles. The molecule has 0 aliphatic carbocycles. The van der Waals surface area contributed by atoms with Gasteiger partial charge < -0.3 is 24.8 Å². The van der Waals surface area contributed by atoms with E-state index in [1.54, 1.807) is 0 Å². The van der Waals surface area contributed by atoms with Crippen molar-refractivity contribution in [3.05, 3.63) is 0 Å². The number of carbonyl (C=O) groups excluding carboxylic acids is 1. The number of rotatable bonds is 7. The third-order valence-electron chi connectivity index (χ3n) is 5.89. The molecule has 0 radical (unpaired) electrons. The van der Waals surface area contributed by atoms with Crippen LogP contribution in [-0.2, 0) is 14.4 Å². The highest BCUT2D eigenvalue weighted by molar-refractivity contribution is 5.78. The van der Waals surface area contributed by atoms with Crippen LogP contribution in [0.25, 0.3) is 0 Å². The lowest BCUT2D eigenvalue weighted by Crippen LogP contribution is -2.50. The van der Waals surface area contributed by atoms with Crippen LogP contribution in [0.15, 0.2) is 0 Å². The molecule has 29 heavy (non-hydrogen) atoms. The number of carboxylic acids is 2. The number of fused-ring (bicyclic) bond motifs is 11. The molecule has 0 amide bonds. The maximum Gasteiger partial charge on any atom is 0.320 e. The molecule has 1 atom stereocenters. The van der Waals surface area contributed by atoms with Gasteiger partial charge in [-0.1, -0.05) is 0 Å². The molecule has 0 aromatic rings. The molecule has 0 aromatic carbocycles. The lowest BCUT2D eigenvalue weighted by molar-refractivity contribution is -0.144. The number of hydrogen-bond donors (Lipinski definition) is 2. The summed E-state index contributed by atoms with van der Waals surface area (Å²) in [6.45, 7) is 9.76. The van der Waals surface area contributed by atoms with Crippen molar-refractivity contribution in [2.45, 2.75) is 38.6 Å². The first-order chi connectivity index (χ1) is 13.8. The van der Waals surface area contributed by atoms with E-state index in [0.29, 0.717) is 32.6 Å². The SMILES string of the molecule is CC(=O)CCC(C(=O)O)N1CCCN2CCN(CCCN(CC(=O)O)CC1)CC2. The molecule has 3 aliphatic rings. The summed E-state index contributed by atoms with van der Waals surface area (Å²) >= 11 is 0. The van der Waals surface area contributed by atoms with Gasteiger partial charge in [-0.3, -0.25) is 19.4 Å². The molecule has 3 rings (SSSR count). The molecule has 3 aliphatic heterocycles. The van der Waals surface area contributed by atoms with Gasteiger partial charge in [0.2, 0.25) is 0 Å². The minimum atomic E-state index is -0.911. The molecule has 2 N–H and O–H groups in total. The average Bonchev–Trinajstić information content (AvgIpc) is 2.65. The van der Waals surface area contributed by atoms with E-state index in [-0.39, 0.29) is 18.7 Å². The average molecular weight is 413 g/mol. The van der Waals surface area contributed by atoms with Crippen molar-refractivity contribution >= 4 is 17.7 Å². The fourth-order valence-electron chi connectivity index (χ4n) is 4.21. The summed E-state index contributed by atoms with van der Waals surface area (Å²) in [5, 5.41) is 19.0. The smallest absolute Gasteiger partial charge is 0.320 e. The molecule has 3 saturated heterocycles. The van der Waals surface area contributed by atoms with Crippen molar-refractivity contribution < 1.29 is 24.6 Å². The Morgan fingerprint density at radius 1 is 0.793 bits per heavy atom. The number of aliphatic carboxylic acids is 2. The Hall–Kier alpha value is -1.55. The van der Waals surface area contributed by atoms with Gasteiger partial charge in [0.1, 0.15) is 11.8 Å². The second kappa shape index (κ2) is 12.2. The quantitative estimate of drug-likeness (QED) is 0.593. The Morgan fingerprint density at radius 3 is 1.90 bits per heavy atom. The molecule has 9 heteroatoms. The van der Waals surface area contributed by atoms with E-state index < -0.39 is 18.0 Å².